The molecule has 2 aliphatic rings. The van der Waals surface area contributed by atoms with E-state index in [0.717, 1.165) is 5.56 Å². The van der Waals surface area contributed by atoms with E-state index >= 15 is 0 Å². The van der Waals surface area contributed by atoms with Gasteiger partial charge in [0.05, 0.1) is 25.4 Å². The average Bonchev–Trinajstić information content (AvgIpc) is 2.67. The second kappa shape index (κ2) is 9.35. The predicted octanol–water partition coefficient (Wildman–Crippen LogP) is 3.06. The Morgan fingerprint density at radius 2 is 2.00 bits per heavy atom. The van der Waals surface area contributed by atoms with Crippen LogP contribution in [0.3, 0.4) is 0 Å². The lowest BCUT2D eigenvalue weighted by atomic mass is 9.76. The summed E-state index contributed by atoms with van der Waals surface area (Å²) in [6, 6.07) is 10.0. The van der Waals surface area contributed by atoms with Crippen LogP contribution >= 0.6 is 0 Å². The van der Waals surface area contributed by atoms with Crippen molar-refractivity contribution in [2.24, 2.45) is 11.8 Å². The van der Waals surface area contributed by atoms with Crippen molar-refractivity contribution in [3.8, 4) is 0 Å². The molecule has 1 N–H and O–H groups in total. The fourth-order valence-corrected chi connectivity index (χ4v) is 4.33. The first-order chi connectivity index (χ1) is 13.4. The molecule has 6 nitrogen and oxygen atoms in total. The van der Waals surface area contributed by atoms with E-state index in [1.807, 2.05) is 44.2 Å². The van der Waals surface area contributed by atoms with Crippen molar-refractivity contribution >= 4 is 5.97 Å². The molecule has 2 heterocycles. The summed E-state index contributed by atoms with van der Waals surface area (Å²) in [7, 11) is 0. The molecule has 6 heteroatoms. The minimum atomic E-state index is -0.944. The Labute approximate surface area is 167 Å². The summed E-state index contributed by atoms with van der Waals surface area (Å²) >= 11 is 0. The lowest BCUT2D eigenvalue weighted by Crippen LogP contribution is -2.63. The van der Waals surface area contributed by atoms with Crippen LogP contribution < -0.4 is 0 Å². The van der Waals surface area contributed by atoms with E-state index < -0.39 is 11.9 Å². The van der Waals surface area contributed by atoms with Crippen LogP contribution in [0, 0.1) is 11.8 Å². The third-order valence-corrected chi connectivity index (χ3v) is 6.00. The lowest BCUT2D eigenvalue weighted by molar-refractivity contribution is -0.369. The normalized spacial score (nSPS) is 35.6. The zero-order chi connectivity index (χ0) is 20.1. The maximum atomic E-state index is 11.6. The number of aliphatic hydroxyl groups is 1. The number of esters is 1. The highest BCUT2D eigenvalue weighted by Gasteiger charge is 2.56. The van der Waals surface area contributed by atoms with Crippen molar-refractivity contribution < 1.29 is 28.8 Å². The van der Waals surface area contributed by atoms with E-state index in [-0.39, 0.29) is 30.0 Å². The molecule has 0 radical (unpaired) electrons. The number of hydrogen-bond donors (Lipinski definition) is 1. The highest BCUT2D eigenvalue weighted by molar-refractivity contribution is 5.66. The molecule has 28 heavy (non-hydrogen) atoms. The van der Waals surface area contributed by atoms with Gasteiger partial charge in [0.1, 0.15) is 6.10 Å². The van der Waals surface area contributed by atoms with Gasteiger partial charge in [-0.1, -0.05) is 44.2 Å². The molecule has 0 aliphatic carbocycles. The number of rotatable bonds is 6. The highest BCUT2D eigenvalue weighted by Crippen LogP contribution is 2.46. The van der Waals surface area contributed by atoms with Gasteiger partial charge in [0.2, 0.25) is 0 Å². The molecule has 0 aromatic heterocycles. The van der Waals surface area contributed by atoms with E-state index in [2.05, 4.69) is 0 Å². The molecular weight excluding hydrogens is 360 g/mol. The Balaban J connectivity index is 1.64. The summed E-state index contributed by atoms with van der Waals surface area (Å²) in [5.74, 6) is -1.62. The lowest BCUT2D eigenvalue weighted by Gasteiger charge is -2.54. The summed E-state index contributed by atoms with van der Waals surface area (Å²) in [6.45, 7) is 6.86. The van der Waals surface area contributed by atoms with E-state index in [4.69, 9.17) is 18.9 Å². The molecule has 2 saturated heterocycles. The second-order valence-electron chi connectivity index (χ2n) is 7.95. The number of hydrogen-bond acceptors (Lipinski definition) is 6. The van der Waals surface area contributed by atoms with Crippen LogP contribution in [0.2, 0.25) is 0 Å². The maximum Gasteiger partial charge on any atom is 0.302 e. The van der Waals surface area contributed by atoms with Crippen molar-refractivity contribution in [2.75, 3.05) is 13.2 Å². The van der Waals surface area contributed by atoms with E-state index in [1.165, 1.54) is 6.92 Å². The van der Waals surface area contributed by atoms with Crippen LogP contribution in [0.15, 0.2) is 30.3 Å². The van der Waals surface area contributed by atoms with Crippen LogP contribution in [0.4, 0.5) is 0 Å². The SMILES string of the molecule is CC(=O)O[C@@H]1C[C@H](CCOCc2ccccc2)O[C@@]2(OCC[C@@H](O)[C@@H]2C)[C@@H]1C. The molecule has 1 aromatic rings. The number of carbonyl (C=O) groups excluding carboxylic acids is 1. The predicted molar refractivity (Wildman–Crippen MR) is 103 cm³/mol. The monoisotopic (exact) mass is 392 g/mol. The van der Waals surface area contributed by atoms with Crippen LogP contribution in [0.25, 0.3) is 0 Å². The molecule has 2 fully saturated rings. The Kier molecular flexibility index (Phi) is 7.10. The first-order valence-corrected chi connectivity index (χ1v) is 10.2. The average molecular weight is 392 g/mol. The molecule has 2 aliphatic heterocycles. The first-order valence-electron chi connectivity index (χ1n) is 10.2. The maximum absolute atomic E-state index is 11.6. The Bertz CT molecular complexity index is 635. The van der Waals surface area contributed by atoms with Gasteiger partial charge in [-0.15, -0.1) is 0 Å². The van der Waals surface area contributed by atoms with Gasteiger partial charge < -0.3 is 24.1 Å². The quantitative estimate of drug-likeness (QED) is 0.592. The molecule has 6 atom stereocenters. The number of benzene rings is 1. The summed E-state index contributed by atoms with van der Waals surface area (Å²) in [6.07, 6.45) is 0.890. The van der Waals surface area contributed by atoms with Crippen molar-refractivity contribution in [2.45, 2.75) is 70.7 Å². The number of ether oxygens (including phenoxy) is 4. The fraction of sp³-hybridized carbons (Fsp3) is 0.682. The summed E-state index contributed by atoms with van der Waals surface area (Å²) in [5, 5.41) is 10.4. The minimum absolute atomic E-state index is 0.163. The van der Waals surface area contributed by atoms with Crippen LogP contribution in [0.1, 0.15) is 45.6 Å². The molecular formula is C22H32O6. The second-order valence-corrected chi connectivity index (χ2v) is 7.95. The highest BCUT2D eigenvalue weighted by atomic mass is 16.7. The standard InChI is InChI=1S/C22H32O6/c1-15-20(24)10-12-26-22(15)16(2)21(27-17(3)23)13-19(28-22)9-11-25-14-18-7-5-4-6-8-18/h4-8,15-16,19-21,24H,9-14H2,1-3H3/t15-,16+,19-,20+,21+,22+/m0/s1. The molecule has 156 valence electrons. The van der Waals surface area contributed by atoms with Crippen molar-refractivity contribution in [3.63, 3.8) is 0 Å². The Morgan fingerprint density at radius 3 is 2.71 bits per heavy atom. The molecule has 1 spiro atoms. The molecule has 0 bridgehead atoms. The number of carbonyl (C=O) groups is 1. The summed E-state index contributed by atoms with van der Waals surface area (Å²) in [5.41, 5.74) is 1.13. The number of aliphatic hydroxyl groups excluding tert-OH is 1. The zero-order valence-corrected chi connectivity index (χ0v) is 17.0. The Hall–Kier alpha value is -1.47. The molecule has 0 saturated carbocycles. The van der Waals surface area contributed by atoms with Crippen LogP contribution in [0.5, 0.6) is 0 Å². The molecule has 0 unspecified atom stereocenters. The van der Waals surface area contributed by atoms with Crippen LogP contribution in [-0.4, -0.2) is 48.4 Å². The van der Waals surface area contributed by atoms with Gasteiger partial charge in [-0.3, -0.25) is 4.79 Å². The summed E-state index contributed by atoms with van der Waals surface area (Å²) in [4.78, 5) is 11.6. The molecule has 0 amide bonds. The minimum Gasteiger partial charge on any atom is -0.462 e. The smallest absolute Gasteiger partial charge is 0.302 e. The fourth-order valence-electron chi connectivity index (χ4n) is 4.33. The van der Waals surface area contributed by atoms with Gasteiger partial charge in [0.15, 0.2) is 5.79 Å². The largest absolute Gasteiger partial charge is 0.462 e. The van der Waals surface area contributed by atoms with Gasteiger partial charge in [-0.2, -0.15) is 0 Å². The van der Waals surface area contributed by atoms with Gasteiger partial charge in [-0.05, 0) is 18.4 Å². The molecule has 3 rings (SSSR count). The van der Waals surface area contributed by atoms with E-state index in [1.54, 1.807) is 0 Å². The van der Waals surface area contributed by atoms with Gasteiger partial charge in [-0.25, -0.2) is 0 Å². The van der Waals surface area contributed by atoms with E-state index in [0.29, 0.717) is 39.1 Å². The van der Waals surface area contributed by atoms with E-state index in [9.17, 15) is 9.90 Å². The van der Waals surface area contributed by atoms with Crippen molar-refractivity contribution in [1.82, 2.24) is 0 Å². The van der Waals surface area contributed by atoms with Gasteiger partial charge >= 0.3 is 5.97 Å². The van der Waals surface area contributed by atoms with Crippen LogP contribution in [-0.2, 0) is 30.3 Å². The zero-order valence-electron chi connectivity index (χ0n) is 17.0. The summed E-state index contributed by atoms with van der Waals surface area (Å²) < 4.78 is 23.9. The third-order valence-electron chi connectivity index (χ3n) is 6.00. The topological polar surface area (TPSA) is 74.2 Å². The Morgan fingerprint density at radius 1 is 1.25 bits per heavy atom. The van der Waals surface area contributed by atoms with Crippen molar-refractivity contribution in [3.05, 3.63) is 35.9 Å². The van der Waals surface area contributed by atoms with Gasteiger partial charge in [0.25, 0.3) is 0 Å². The van der Waals surface area contributed by atoms with Gasteiger partial charge in [0, 0.05) is 31.8 Å². The third kappa shape index (κ3) is 4.74. The first kappa shape index (κ1) is 21.2. The molecule has 1 aromatic carbocycles. The van der Waals surface area contributed by atoms with Crippen molar-refractivity contribution in [1.29, 1.82) is 0 Å².